The summed E-state index contributed by atoms with van der Waals surface area (Å²) in [6.45, 7) is 0. The second-order valence-corrected chi connectivity index (χ2v) is 4.95. The van der Waals surface area contributed by atoms with Gasteiger partial charge in [-0.25, -0.2) is 18.4 Å². The van der Waals surface area contributed by atoms with E-state index in [2.05, 4.69) is 0 Å². The predicted molar refractivity (Wildman–Crippen MR) is 58.9 cm³/mol. The molecule has 1 aromatic heterocycles. The highest BCUT2D eigenvalue weighted by atomic mass is 35.5. The zero-order valence-corrected chi connectivity index (χ0v) is 9.38. The van der Waals surface area contributed by atoms with Gasteiger partial charge in [-0.05, 0) is 12.1 Å². The Labute approximate surface area is 95.5 Å². The van der Waals surface area contributed by atoms with Crippen LogP contribution in [0.4, 0.5) is 0 Å². The van der Waals surface area contributed by atoms with Crippen LogP contribution in [0.1, 0.15) is 0 Å². The number of para-hydroxylation sites is 1. The molecule has 0 radical (unpaired) electrons. The van der Waals surface area contributed by atoms with Crippen molar-refractivity contribution in [1.82, 2.24) is 0 Å². The van der Waals surface area contributed by atoms with Crippen LogP contribution in [0.2, 0.25) is 5.02 Å². The van der Waals surface area contributed by atoms with Gasteiger partial charge in [-0.15, -0.1) is 0 Å². The quantitative estimate of drug-likeness (QED) is 0.776. The number of hydrogen-bond donors (Lipinski definition) is 1. The SMILES string of the molecule is NS(=O)(=O)c1c(Cl)c2ccccc2oc1=O. The lowest BCUT2D eigenvalue weighted by atomic mass is 10.2. The molecule has 0 aliphatic heterocycles. The third kappa shape index (κ3) is 1.71. The highest BCUT2D eigenvalue weighted by molar-refractivity contribution is 7.89. The van der Waals surface area contributed by atoms with Crippen LogP contribution in [0.15, 0.2) is 38.4 Å². The molecule has 0 aliphatic carbocycles. The Balaban J connectivity index is 3.04. The van der Waals surface area contributed by atoms with Crippen LogP contribution < -0.4 is 10.8 Å². The van der Waals surface area contributed by atoms with Crippen molar-refractivity contribution in [3.8, 4) is 0 Å². The second kappa shape index (κ2) is 3.58. The number of hydrogen-bond acceptors (Lipinski definition) is 4. The fourth-order valence-corrected chi connectivity index (χ4v) is 2.53. The molecule has 5 nitrogen and oxygen atoms in total. The minimum atomic E-state index is -4.19. The maximum Gasteiger partial charge on any atom is 0.358 e. The molecule has 2 aromatic rings. The molecule has 0 saturated carbocycles. The number of rotatable bonds is 1. The summed E-state index contributed by atoms with van der Waals surface area (Å²) in [7, 11) is -4.19. The van der Waals surface area contributed by atoms with Crippen molar-refractivity contribution in [2.24, 2.45) is 5.14 Å². The molecule has 0 amide bonds. The fourth-order valence-electron chi connectivity index (χ4n) is 1.34. The van der Waals surface area contributed by atoms with Crippen molar-refractivity contribution in [2.45, 2.75) is 4.90 Å². The van der Waals surface area contributed by atoms with E-state index in [1.807, 2.05) is 0 Å². The van der Waals surface area contributed by atoms with Crippen LogP contribution in [0, 0.1) is 0 Å². The summed E-state index contributed by atoms with van der Waals surface area (Å²) in [5.74, 6) is 0. The Morgan fingerprint density at radius 3 is 2.50 bits per heavy atom. The van der Waals surface area contributed by atoms with Crippen molar-refractivity contribution in [3.05, 3.63) is 39.7 Å². The molecule has 0 spiro atoms. The first-order valence-electron chi connectivity index (χ1n) is 4.15. The van der Waals surface area contributed by atoms with Gasteiger partial charge in [-0.1, -0.05) is 23.7 Å². The van der Waals surface area contributed by atoms with Crippen molar-refractivity contribution in [1.29, 1.82) is 0 Å². The van der Waals surface area contributed by atoms with Crippen LogP contribution >= 0.6 is 11.6 Å². The van der Waals surface area contributed by atoms with E-state index in [0.29, 0.717) is 5.39 Å². The molecule has 0 atom stereocenters. The molecule has 0 aliphatic rings. The van der Waals surface area contributed by atoms with Crippen molar-refractivity contribution in [3.63, 3.8) is 0 Å². The molecule has 1 aromatic carbocycles. The van der Waals surface area contributed by atoms with E-state index in [1.165, 1.54) is 12.1 Å². The van der Waals surface area contributed by atoms with Crippen LogP contribution in [-0.2, 0) is 10.0 Å². The van der Waals surface area contributed by atoms with Gasteiger partial charge in [-0.2, -0.15) is 0 Å². The Morgan fingerprint density at radius 2 is 1.88 bits per heavy atom. The van der Waals surface area contributed by atoms with Gasteiger partial charge in [0.25, 0.3) is 0 Å². The molecular formula is C9H6ClNO4S. The van der Waals surface area contributed by atoms with Crippen LogP contribution in [-0.4, -0.2) is 8.42 Å². The molecule has 0 unspecified atom stereocenters. The van der Waals surface area contributed by atoms with Gasteiger partial charge in [0.15, 0.2) is 4.90 Å². The lowest BCUT2D eigenvalue weighted by molar-refractivity contribution is 0.533. The Kier molecular flexibility index (Phi) is 2.49. The Hall–Kier alpha value is -1.37. The maximum absolute atomic E-state index is 11.4. The molecule has 0 saturated heterocycles. The molecule has 7 heteroatoms. The highest BCUT2D eigenvalue weighted by Gasteiger charge is 2.22. The fraction of sp³-hybridized carbons (Fsp3) is 0. The average Bonchev–Trinajstić information content (AvgIpc) is 2.15. The van der Waals surface area contributed by atoms with Gasteiger partial charge in [0.05, 0.1) is 5.02 Å². The van der Waals surface area contributed by atoms with Crippen LogP contribution in [0.5, 0.6) is 0 Å². The lowest BCUT2D eigenvalue weighted by Crippen LogP contribution is -2.21. The number of halogens is 1. The molecule has 84 valence electrons. The zero-order valence-electron chi connectivity index (χ0n) is 7.81. The van der Waals surface area contributed by atoms with Crippen molar-refractivity contribution < 1.29 is 12.8 Å². The van der Waals surface area contributed by atoms with E-state index < -0.39 is 20.5 Å². The summed E-state index contributed by atoms with van der Waals surface area (Å²) in [6, 6.07) is 6.32. The molecule has 2 rings (SSSR count). The first-order valence-corrected chi connectivity index (χ1v) is 6.08. The van der Waals surface area contributed by atoms with Crippen LogP contribution in [0.3, 0.4) is 0 Å². The number of primary sulfonamides is 1. The Morgan fingerprint density at radius 1 is 1.25 bits per heavy atom. The predicted octanol–water partition coefficient (Wildman–Crippen LogP) is 1.09. The summed E-state index contributed by atoms with van der Waals surface area (Å²) in [5, 5.41) is 4.99. The molecular weight excluding hydrogens is 254 g/mol. The van der Waals surface area contributed by atoms with Gasteiger partial charge in [0.1, 0.15) is 5.58 Å². The smallest absolute Gasteiger partial charge is 0.358 e. The summed E-state index contributed by atoms with van der Waals surface area (Å²) in [6.07, 6.45) is 0. The zero-order chi connectivity index (χ0) is 11.9. The van der Waals surface area contributed by atoms with E-state index in [1.54, 1.807) is 12.1 Å². The van der Waals surface area contributed by atoms with Gasteiger partial charge in [0.2, 0.25) is 10.0 Å². The van der Waals surface area contributed by atoms with E-state index in [-0.39, 0.29) is 10.6 Å². The largest absolute Gasteiger partial charge is 0.422 e. The summed E-state index contributed by atoms with van der Waals surface area (Å²) < 4.78 is 27.1. The summed E-state index contributed by atoms with van der Waals surface area (Å²) in [4.78, 5) is 10.7. The number of fused-ring (bicyclic) bond motifs is 1. The van der Waals surface area contributed by atoms with E-state index >= 15 is 0 Å². The first-order chi connectivity index (χ1) is 7.41. The van der Waals surface area contributed by atoms with Crippen molar-refractivity contribution >= 4 is 32.6 Å². The molecule has 0 bridgehead atoms. The summed E-state index contributed by atoms with van der Waals surface area (Å²) in [5.41, 5.74) is -0.851. The maximum atomic E-state index is 11.4. The second-order valence-electron chi connectivity index (χ2n) is 3.07. The molecule has 0 fully saturated rings. The Bertz CT molecular complexity index is 720. The van der Waals surface area contributed by atoms with E-state index in [9.17, 15) is 13.2 Å². The number of nitrogens with two attached hydrogens (primary N) is 1. The minimum absolute atomic E-state index is 0.213. The van der Waals surface area contributed by atoms with Gasteiger partial charge in [0, 0.05) is 5.39 Å². The highest BCUT2D eigenvalue weighted by Crippen LogP contribution is 2.26. The average molecular weight is 260 g/mol. The molecule has 2 N–H and O–H groups in total. The summed E-state index contributed by atoms with van der Waals surface area (Å²) >= 11 is 5.81. The monoisotopic (exact) mass is 259 g/mol. The third-order valence-corrected chi connectivity index (χ3v) is 3.44. The van der Waals surface area contributed by atoms with Gasteiger partial charge < -0.3 is 4.42 Å². The standard InChI is InChI=1S/C9H6ClNO4S/c10-7-5-3-1-2-4-6(5)15-9(12)8(7)16(11,13)14/h1-4H,(H2,11,13,14). The van der Waals surface area contributed by atoms with E-state index in [0.717, 1.165) is 0 Å². The molecule has 16 heavy (non-hydrogen) atoms. The first kappa shape index (κ1) is 11.1. The topological polar surface area (TPSA) is 90.4 Å². The van der Waals surface area contributed by atoms with Crippen LogP contribution in [0.25, 0.3) is 11.0 Å². The normalized spacial score (nSPS) is 11.9. The lowest BCUT2D eigenvalue weighted by Gasteiger charge is -2.03. The van der Waals surface area contributed by atoms with E-state index in [4.69, 9.17) is 21.2 Å². The minimum Gasteiger partial charge on any atom is -0.422 e. The number of benzene rings is 1. The number of sulfonamides is 1. The van der Waals surface area contributed by atoms with Gasteiger partial charge >= 0.3 is 5.63 Å². The van der Waals surface area contributed by atoms with Gasteiger partial charge in [-0.3, -0.25) is 0 Å². The third-order valence-electron chi connectivity index (χ3n) is 2.00. The van der Waals surface area contributed by atoms with Crippen molar-refractivity contribution in [2.75, 3.05) is 0 Å². The molecule has 1 heterocycles.